The molecule has 1 unspecified atom stereocenters. The molecule has 1 nitrogen and oxygen atoms in total. The van der Waals surface area contributed by atoms with Gasteiger partial charge in [0.05, 0.1) is 0 Å². The fraction of sp³-hybridized carbons (Fsp3) is 0.238. The lowest BCUT2D eigenvalue weighted by atomic mass is 9.74. The Kier molecular flexibility index (Phi) is 2.80. The smallest absolute Gasteiger partial charge is 0.0310 e. The first kappa shape index (κ1) is 13.4. The van der Waals surface area contributed by atoms with Gasteiger partial charge in [-0.3, -0.25) is 0 Å². The molecule has 0 radical (unpaired) electrons. The Morgan fingerprint density at radius 2 is 2.00 bits per heavy atom. The molecule has 0 saturated carbocycles. The Morgan fingerprint density at radius 3 is 2.73 bits per heavy atom. The van der Waals surface area contributed by atoms with Crippen molar-refractivity contribution in [3.8, 4) is 0 Å². The molecule has 22 heavy (non-hydrogen) atoms. The van der Waals surface area contributed by atoms with Crippen LogP contribution >= 0.6 is 0 Å². The minimum atomic E-state index is 0.0802. The van der Waals surface area contributed by atoms with Crippen LogP contribution in [0.5, 0.6) is 0 Å². The number of allylic oxidation sites excluding steroid dienone is 5. The molecule has 1 aromatic heterocycles. The van der Waals surface area contributed by atoms with Gasteiger partial charge in [0.15, 0.2) is 0 Å². The highest BCUT2D eigenvalue weighted by atomic mass is 14.9. The van der Waals surface area contributed by atoms with Crippen molar-refractivity contribution >= 4 is 5.57 Å². The third-order valence-electron chi connectivity index (χ3n) is 5.33. The largest absolute Gasteiger partial charge is 0.354 e. The van der Waals surface area contributed by atoms with Gasteiger partial charge in [-0.05, 0) is 47.2 Å². The maximum atomic E-state index is 4.15. The van der Waals surface area contributed by atoms with Crippen LogP contribution in [0.1, 0.15) is 29.3 Å². The summed E-state index contributed by atoms with van der Waals surface area (Å²) in [4.78, 5) is 0. The molecule has 4 rings (SSSR count). The Balaban J connectivity index is 1.98. The van der Waals surface area contributed by atoms with Crippen LogP contribution in [0.15, 0.2) is 66.9 Å². The number of benzene rings is 1. The van der Waals surface area contributed by atoms with Crippen molar-refractivity contribution in [3.05, 3.63) is 89.3 Å². The highest BCUT2D eigenvalue weighted by Gasteiger charge is 2.47. The summed E-state index contributed by atoms with van der Waals surface area (Å²) in [7, 11) is 2.16. The molecule has 0 N–H and O–H groups in total. The number of hydrogen-bond donors (Lipinski definition) is 0. The maximum absolute atomic E-state index is 4.15. The third kappa shape index (κ3) is 1.54. The zero-order chi connectivity index (χ0) is 15.3. The summed E-state index contributed by atoms with van der Waals surface area (Å²) in [5.41, 5.74) is 8.62. The summed E-state index contributed by atoms with van der Waals surface area (Å²) in [6, 6.07) is 11.2. The molecule has 1 heterocycles. The van der Waals surface area contributed by atoms with Crippen molar-refractivity contribution in [1.82, 2.24) is 4.57 Å². The molecule has 1 heteroatoms. The third-order valence-corrected chi connectivity index (χ3v) is 5.33. The van der Waals surface area contributed by atoms with Gasteiger partial charge in [-0.1, -0.05) is 49.1 Å². The number of fused-ring (bicyclic) bond motifs is 3. The monoisotopic (exact) mass is 287 g/mol. The first-order chi connectivity index (χ1) is 10.7. The quantitative estimate of drug-likeness (QED) is 0.761. The van der Waals surface area contributed by atoms with E-state index >= 15 is 0 Å². The number of nitrogens with zero attached hydrogens (tertiary/aromatic N) is 1. The molecule has 0 saturated heterocycles. The number of rotatable bonds is 2. The summed E-state index contributed by atoms with van der Waals surface area (Å²) in [6.45, 7) is 6.24. The molecule has 1 atom stereocenters. The van der Waals surface area contributed by atoms with Crippen molar-refractivity contribution in [2.75, 3.05) is 0 Å². The summed E-state index contributed by atoms with van der Waals surface area (Å²) < 4.78 is 2.28. The van der Waals surface area contributed by atoms with Crippen LogP contribution < -0.4 is 0 Å². The first-order valence-electron chi connectivity index (χ1n) is 7.94. The molecule has 2 aliphatic rings. The van der Waals surface area contributed by atoms with Gasteiger partial charge in [-0.15, -0.1) is 0 Å². The highest BCUT2D eigenvalue weighted by Crippen LogP contribution is 2.54. The van der Waals surface area contributed by atoms with Gasteiger partial charge in [0.1, 0.15) is 0 Å². The second-order valence-electron chi connectivity index (χ2n) is 6.41. The van der Waals surface area contributed by atoms with Crippen molar-refractivity contribution in [1.29, 1.82) is 0 Å². The van der Waals surface area contributed by atoms with E-state index in [2.05, 4.69) is 79.9 Å². The second-order valence-corrected chi connectivity index (χ2v) is 6.41. The second kappa shape index (κ2) is 4.61. The highest BCUT2D eigenvalue weighted by molar-refractivity contribution is 5.88. The lowest BCUT2D eigenvalue weighted by molar-refractivity contribution is 0.547. The van der Waals surface area contributed by atoms with Crippen LogP contribution in [-0.4, -0.2) is 4.57 Å². The van der Waals surface area contributed by atoms with Crippen molar-refractivity contribution in [3.63, 3.8) is 0 Å². The predicted octanol–water partition coefficient (Wildman–Crippen LogP) is 4.59. The van der Waals surface area contributed by atoms with Gasteiger partial charge in [0.25, 0.3) is 0 Å². The van der Waals surface area contributed by atoms with E-state index in [4.69, 9.17) is 0 Å². The lowest BCUT2D eigenvalue weighted by Crippen LogP contribution is -2.27. The molecule has 0 aliphatic heterocycles. The van der Waals surface area contributed by atoms with Gasteiger partial charge in [0, 0.05) is 30.8 Å². The van der Waals surface area contributed by atoms with Gasteiger partial charge >= 0.3 is 0 Å². The molecule has 0 bridgehead atoms. The van der Waals surface area contributed by atoms with Crippen LogP contribution in [0.3, 0.4) is 0 Å². The van der Waals surface area contributed by atoms with E-state index in [1.807, 2.05) is 0 Å². The standard InChI is InChI=1S/C21H21N/c1-4-8-16-17-9-6-7-10-19(17)21(18(16)5-2)13-15-11-12-22(3)20(15)14-21/h4-12H,2,13-14H2,1,3H3/b8-4-. The van der Waals surface area contributed by atoms with Gasteiger partial charge in [-0.2, -0.15) is 0 Å². The maximum Gasteiger partial charge on any atom is 0.0310 e. The molecule has 110 valence electrons. The Bertz CT molecular complexity index is 831. The number of aryl methyl sites for hydroxylation is 1. The van der Waals surface area contributed by atoms with Crippen LogP contribution in [-0.2, 0) is 25.3 Å². The van der Waals surface area contributed by atoms with Crippen LogP contribution in [0.25, 0.3) is 5.57 Å². The SMILES string of the molecule is C=CC1=C(/C=C\C)c2ccccc2C12Cc1ccn(C)c1C2. The fourth-order valence-corrected chi connectivity index (χ4v) is 4.40. The van der Waals surface area contributed by atoms with Gasteiger partial charge < -0.3 is 4.57 Å². The normalized spacial score (nSPS) is 22.6. The minimum Gasteiger partial charge on any atom is -0.354 e. The summed E-state index contributed by atoms with van der Waals surface area (Å²) in [5, 5.41) is 0. The van der Waals surface area contributed by atoms with E-state index in [-0.39, 0.29) is 5.41 Å². The zero-order valence-electron chi connectivity index (χ0n) is 13.3. The molecule has 1 spiro atoms. The molecule has 2 aliphatic carbocycles. The number of aromatic nitrogens is 1. The van der Waals surface area contributed by atoms with Crippen molar-refractivity contribution in [2.45, 2.75) is 25.2 Å². The topological polar surface area (TPSA) is 4.93 Å². The van der Waals surface area contributed by atoms with E-state index in [0.717, 1.165) is 12.8 Å². The minimum absolute atomic E-state index is 0.0802. The summed E-state index contributed by atoms with van der Waals surface area (Å²) in [5.74, 6) is 0. The summed E-state index contributed by atoms with van der Waals surface area (Å²) >= 11 is 0. The average molecular weight is 287 g/mol. The molecular weight excluding hydrogens is 266 g/mol. The average Bonchev–Trinajstić information content (AvgIpc) is 3.15. The van der Waals surface area contributed by atoms with E-state index in [9.17, 15) is 0 Å². The Labute approximate surface area is 132 Å². The summed E-state index contributed by atoms with van der Waals surface area (Å²) in [6.07, 6.45) is 10.8. The first-order valence-corrected chi connectivity index (χ1v) is 7.94. The molecule has 0 amide bonds. The van der Waals surface area contributed by atoms with Crippen LogP contribution in [0, 0.1) is 0 Å². The van der Waals surface area contributed by atoms with E-state index in [0.29, 0.717) is 0 Å². The Morgan fingerprint density at radius 1 is 1.18 bits per heavy atom. The Hall–Kier alpha value is -2.28. The van der Waals surface area contributed by atoms with Crippen LogP contribution in [0.2, 0.25) is 0 Å². The van der Waals surface area contributed by atoms with Crippen molar-refractivity contribution < 1.29 is 0 Å². The molecule has 2 aromatic rings. The van der Waals surface area contributed by atoms with Gasteiger partial charge in [0.2, 0.25) is 0 Å². The lowest BCUT2D eigenvalue weighted by Gasteiger charge is -2.28. The fourth-order valence-electron chi connectivity index (χ4n) is 4.40. The molecule has 1 aromatic carbocycles. The van der Waals surface area contributed by atoms with Crippen molar-refractivity contribution in [2.24, 2.45) is 7.05 Å². The van der Waals surface area contributed by atoms with Crippen LogP contribution in [0.4, 0.5) is 0 Å². The molecule has 0 fully saturated rings. The molecular formula is C21H21N. The van der Waals surface area contributed by atoms with Gasteiger partial charge in [-0.25, -0.2) is 0 Å². The predicted molar refractivity (Wildman–Crippen MR) is 92.9 cm³/mol. The number of hydrogen-bond acceptors (Lipinski definition) is 0. The zero-order valence-corrected chi connectivity index (χ0v) is 13.3. The van der Waals surface area contributed by atoms with E-state index in [1.165, 1.54) is 33.5 Å². The van der Waals surface area contributed by atoms with E-state index < -0.39 is 0 Å². The van der Waals surface area contributed by atoms with E-state index in [1.54, 1.807) is 0 Å².